The summed E-state index contributed by atoms with van der Waals surface area (Å²) in [6.07, 6.45) is 4.12. The molecule has 2 aliphatic carbocycles. The Morgan fingerprint density at radius 1 is 0.934 bits per heavy atom. The molecular weight excluding hydrogens is 810 g/mol. The van der Waals surface area contributed by atoms with Gasteiger partial charge in [-0.15, -0.1) is 11.3 Å². The number of allylic oxidation sites excluding steroid dienone is 2. The van der Waals surface area contributed by atoms with E-state index in [-0.39, 0.29) is 49.3 Å². The van der Waals surface area contributed by atoms with Gasteiger partial charge < -0.3 is 9.84 Å². The zero-order chi connectivity index (χ0) is 42.3. The molecule has 6 atom stereocenters. The van der Waals surface area contributed by atoms with E-state index in [1.54, 1.807) is 28.0 Å². The van der Waals surface area contributed by atoms with Gasteiger partial charge in [0.05, 0.1) is 34.7 Å². The second-order valence-corrected chi connectivity index (χ2v) is 19.0. The molecule has 10 rings (SSSR count). The quantitative estimate of drug-likeness (QED) is 0.119. The summed E-state index contributed by atoms with van der Waals surface area (Å²) in [4.78, 5) is 65.9. The van der Waals surface area contributed by atoms with Crippen molar-refractivity contribution < 1.29 is 29.0 Å². The third-order valence-electron chi connectivity index (χ3n) is 14.3. The number of piperidine rings is 1. The summed E-state index contributed by atoms with van der Waals surface area (Å²) in [5.41, 5.74) is 3.24. The van der Waals surface area contributed by atoms with Crippen molar-refractivity contribution in [2.24, 2.45) is 36.1 Å². The normalized spacial score (nSPS) is 26.8. The number of para-hydroxylation sites is 1. The fourth-order valence-electron chi connectivity index (χ4n) is 11.4. The SMILES string of the molecule is Cc1c(-c2cc(N3C(=O)[C@@H]4C[C@@H]5C(=CC[C@@H]6C(=O)N(C7CCN(Cc8ccccc8)CC7)C(=O)[C@@H]65)[C@H](c5ccccc5OCCO)[C@]4(C)C3=O)n(C)n2)sc2ccc(Cl)cc12. The molecule has 11 nitrogen and oxygen atoms in total. The van der Waals surface area contributed by atoms with E-state index in [1.165, 1.54) is 10.5 Å². The van der Waals surface area contributed by atoms with Crippen molar-refractivity contribution in [3.05, 3.63) is 112 Å². The minimum atomic E-state index is -1.27. The maximum Gasteiger partial charge on any atom is 0.242 e. The monoisotopic (exact) mass is 857 g/mol. The van der Waals surface area contributed by atoms with Crippen LogP contribution in [0.4, 0.5) is 5.82 Å². The van der Waals surface area contributed by atoms with E-state index in [4.69, 9.17) is 21.4 Å². The molecule has 5 heterocycles. The lowest BCUT2D eigenvalue weighted by molar-refractivity contribution is -0.144. The summed E-state index contributed by atoms with van der Waals surface area (Å²) in [5, 5.41) is 16.3. The minimum absolute atomic E-state index is 0.0450. The molecule has 0 unspecified atom stereocenters. The second kappa shape index (κ2) is 15.3. The standard InChI is InChI=1S/C48H48ClN5O6S/c1-27-34-23-29(49)13-16-39(34)61-43(27)37-25-40(51(3)50-37)54-45(57)36-24-35-31(42(48(36,2)47(54)59)32-11-7-8-12-38(32)60-22-21-55)14-15-33-41(35)46(58)53(44(33)56)30-17-19-52(20-18-30)26-28-9-5-4-6-10-28/h4-14,16,23,25,30,33,35-36,41-42,55H,15,17-22,24,26H2,1-3H3/t33-,35+,36-,41-,42+,48+/m0/s1. The smallest absolute Gasteiger partial charge is 0.242 e. The van der Waals surface area contributed by atoms with Crippen LogP contribution in [0, 0.1) is 36.0 Å². The first-order chi connectivity index (χ1) is 29.5. The number of halogens is 1. The fraction of sp³-hybridized carbons (Fsp3) is 0.396. The van der Waals surface area contributed by atoms with Crippen LogP contribution in [-0.2, 0) is 32.8 Å². The van der Waals surface area contributed by atoms with Crippen LogP contribution in [-0.4, -0.2) is 80.7 Å². The molecule has 3 saturated heterocycles. The van der Waals surface area contributed by atoms with Crippen LogP contribution >= 0.6 is 22.9 Å². The summed E-state index contributed by atoms with van der Waals surface area (Å²) in [5.74, 6) is -3.18. The highest BCUT2D eigenvalue weighted by Gasteiger charge is 2.68. The van der Waals surface area contributed by atoms with Gasteiger partial charge in [-0.25, -0.2) is 4.90 Å². The van der Waals surface area contributed by atoms with Crippen molar-refractivity contribution >= 4 is 62.5 Å². The molecule has 13 heteroatoms. The van der Waals surface area contributed by atoms with E-state index in [1.807, 2.05) is 80.6 Å². The number of ether oxygens (including phenoxy) is 1. The first-order valence-corrected chi connectivity index (χ1v) is 22.5. The fourth-order valence-corrected chi connectivity index (χ4v) is 12.7. The Kier molecular flexibility index (Phi) is 10.0. The van der Waals surface area contributed by atoms with E-state index in [9.17, 15) is 14.7 Å². The van der Waals surface area contributed by atoms with Gasteiger partial charge in [-0.1, -0.05) is 71.8 Å². The lowest BCUT2D eigenvalue weighted by Crippen LogP contribution is -2.49. The molecule has 0 spiro atoms. The summed E-state index contributed by atoms with van der Waals surface area (Å²) < 4.78 is 8.78. The minimum Gasteiger partial charge on any atom is -0.491 e. The van der Waals surface area contributed by atoms with Crippen molar-refractivity contribution in [2.75, 3.05) is 31.2 Å². The molecule has 1 N–H and O–H groups in total. The summed E-state index contributed by atoms with van der Waals surface area (Å²) in [6, 6.07) is 25.2. The van der Waals surface area contributed by atoms with Crippen LogP contribution in [0.5, 0.6) is 5.75 Å². The zero-order valence-electron chi connectivity index (χ0n) is 34.4. The number of carbonyl (C=O) groups excluding carboxylic acids is 4. The van der Waals surface area contributed by atoms with E-state index in [0.29, 0.717) is 47.1 Å². The van der Waals surface area contributed by atoms with Crippen molar-refractivity contribution in [3.8, 4) is 16.3 Å². The van der Waals surface area contributed by atoms with Gasteiger partial charge in [-0.05, 0) is 86.2 Å². The van der Waals surface area contributed by atoms with Crippen molar-refractivity contribution in [3.63, 3.8) is 0 Å². The van der Waals surface area contributed by atoms with Gasteiger partial charge in [0.15, 0.2) is 0 Å². The maximum absolute atomic E-state index is 15.4. The Bertz CT molecular complexity index is 2630. The average molecular weight is 858 g/mol. The topological polar surface area (TPSA) is 125 Å². The largest absolute Gasteiger partial charge is 0.491 e. The Labute approximate surface area is 363 Å². The van der Waals surface area contributed by atoms with Crippen LogP contribution in [0.15, 0.2) is 90.5 Å². The number of hydrogen-bond acceptors (Lipinski definition) is 9. The van der Waals surface area contributed by atoms with E-state index < -0.39 is 35.0 Å². The molecular formula is C48H48ClN5O6S. The lowest BCUT2D eigenvalue weighted by atomic mass is 9.51. The number of aromatic nitrogens is 2. The van der Waals surface area contributed by atoms with Crippen LogP contribution in [0.3, 0.4) is 0 Å². The molecule has 314 valence electrons. The molecule has 4 amide bonds. The Morgan fingerprint density at radius 2 is 1.69 bits per heavy atom. The third kappa shape index (κ3) is 6.31. The number of anilines is 1. The molecule has 0 bridgehead atoms. The Morgan fingerprint density at radius 3 is 2.46 bits per heavy atom. The van der Waals surface area contributed by atoms with Crippen molar-refractivity contribution in [2.45, 2.75) is 58.0 Å². The molecule has 3 aliphatic heterocycles. The van der Waals surface area contributed by atoms with Crippen molar-refractivity contribution in [1.82, 2.24) is 19.6 Å². The van der Waals surface area contributed by atoms with Gasteiger partial charge in [-0.2, -0.15) is 5.10 Å². The molecule has 0 radical (unpaired) electrons. The first kappa shape index (κ1) is 40.0. The number of thiophene rings is 1. The number of fused-ring (bicyclic) bond motifs is 5. The predicted octanol–water partition coefficient (Wildman–Crippen LogP) is 7.53. The summed E-state index contributed by atoms with van der Waals surface area (Å²) >= 11 is 7.94. The number of benzene rings is 3. The number of amides is 4. The third-order valence-corrected chi connectivity index (χ3v) is 15.8. The summed E-state index contributed by atoms with van der Waals surface area (Å²) in [7, 11) is 1.75. The molecule has 61 heavy (non-hydrogen) atoms. The highest BCUT2D eigenvalue weighted by Crippen LogP contribution is 2.64. The van der Waals surface area contributed by atoms with Crippen molar-refractivity contribution in [1.29, 1.82) is 0 Å². The van der Waals surface area contributed by atoms with Gasteiger partial charge in [-0.3, -0.25) is 33.7 Å². The maximum atomic E-state index is 15.4. The summed E-state index contributed by atoms with van der Waals surface area (Å²) in [6.45, 7) is 6.13. The zero-order valence-corrected chi connectivity index (χ0v) is 36.0. The highest BCUT2D eigenvalue weighted by molar-refractivity contribution is 7.22. The first-order valence-electron chi connectivity index (χ1n) is 21.3. The predicted molar refractivity (Wildman–Crippen MR) is 234 cm³/mol. The van der Waals surface area contributed by atoms with Gasteiger partial charge in [0.25, 0.3) is 0 Å². The number of likely N-dealkylation sites (tertiary alicyclic amines) is 2. The van der Waals surface area contributed by atoms with E-state index >= 15 is 9.59 Å². The van der Waals surface area contributed by atoms with E-state index in [2.05, 4.69) is 23.1 Å². The Balaban J connectivity index is 1.00. The number of nitrogens with zero attached hydrogens (tertiary/aromatic N) is 5. The van der Waals surface area contributed by atoms with Gasteiger partial charge in [0.1, 0.15) is 23.9 Å². The molecule has 3 aromatic carbocycles. The van der Waals surface area contributed by atoms with Gasteiger partial charge in [0.2, 0.25) is 23.6 Å². The van der Waals surface area contributed by atoms with Gasteiger partial charge in [0, 0.05) is 60.0 Å². The number of hydrogen-bond donors (Lipinski definition) is 1. The van der Waals surface area contributed by atoms with Crippen LogP contribution in [0.25, 0.3) is 20.7 Å². The Hall–Kier alpha value is -5.14. The van der Waals surface area contributed by atoms with Crippen LogP contribution in [0.1, 0.15) is 55.2 Å². The molecule has 4 fully saturated rings. The number of carbonyl (C=O) groups is 4. The molecule has 5 aromatic rings. The highest BCUT2D eigenvalue weighted by atomic mass is 35.5. The van der Waals surface area contributed by atoms with E-state index in [0.717, 1.165) is 45.7 Å². The van der Waals surface area contributed by atoms with Crippen LogP contribution in [0.2, 0.25) is 5.02 Å². The number of imide groups is 2. The second-order valence-electron chi connectivity index (χ2n) is 17.5. The number of aliphatic hydroxyl groups is 1. The molecule has 1 saturated carbocycles. The van der Waals surface area contributed by atoms with Gasteiger partial charge >= 0.3 is 0 Å². The number of aliphatic hydroxyl groups excluding tert-OH is 1. The molecule has 5 aliphatic rings. The lowest BCUT2D eigenvalue weighted by Gasteiger charge is -2.49. The molecule has 2 aromatic heterocycles. The number of rotatable bonds is 9. The van der Waals surface area contributed by atoms with Crippen LogP contribution < -0.4 is 9.64 Å². The number of aryl methyl sites for hydroxylation is 2. The average Bonchev–Trinajstić information content (AvgIpc) is 3.94.